The second-order valence-electron chi connectivity index (χ2n) is 5.49. The molecule has 3 atom stereocenters. The first-order valence-corrected chi connectivity index (χ1v) is 6.09. The number of likely N-dealkylation sites (tertiary alicyclic amines) is 1. The van der Waals surface area contributed by atoms with Crippen molar-refractivity contribution in [1.82, 2.24) is 4.90 Å². The van der Waals surface area contributed by atoms with Gasteiger partial charge in [0.2, 0.25) is 0 Å². The fraction of sp³-hybridized carbons (Fsp3) is 1.00. The van der Waals surface area contributed by atoms with Crippen LogP contribution in [-0.4, -0.2) is 41.8 Å². The van der Waals surface area contributed by atoms with E-state index in [1.807, 2.05) is 6.92 Å². The Morgan fingerprint density at radius 2 is 2.07 bits per heavy atom. The zero-order valence-electron chi connectivity index (χ0n) is 10.4. The zero-order chi connectivity index (χ0) is 11.5. The van der Waals surface area contributed by atoms with Gasteiger partial charge in [0, 0.05) is 19.6 Å². The third-order valence-corrected chi connectivity index (χ3v) is 3.82. The molecule has 0 radical (unpaired) electrons. The number of rotatable bonds is 4. The van der Waals surface area contributed by atoms with Crippen molar-refractivity contribution in [3.8, 4) is 0 Å². The lowest BCUT2D eigenvalue weighted by molar-refractivity contribution is 0.0379. The van der Waals surface area contributed by atoms with E-state index in [-0.39, 0.29) is 0 Å². The average molecular weight is 214 g/mol. The van der Waals surface area contributed by atoms with Crippen molar-refractivity contribution < 1.29 is 5.11 Å². The summed E-state index contributed by atoms with van der Waals surface area (Å²) in [6.07, 6.45) is 2.07. The van der Waals surface area contributed by atoms with Gasteiger partial charge in [-0.05, 0) is 38.1 Å². The number of hydrogen-bond acceptors (Lipinski definition) is 3. The molecule has 0 aliphatic carbocycles. The quantitative estimate of drug-likeness (QED) is 0.736. The number of nitrogens with two attached hydrogens (primary N) is 1. The Morgan fingerprint density at radius 1 is 1.40 bits per heavy atom. The molecule has 0 saturated carbocycles. The molecular weight excluding hydrogens is 188 g/mol. The van der Waals surface area contributed by atoms with Gasteiger partial charge in [0.15, 0.2) is 0 Å². The van der Waals surface area contributed by atoms with Gasteiger partial charge in [-0.1, -0.05) is 13.8 Å². The van der Waals surface area contributed by atoms with Crippen LogP contribution in [0.2, 0.25) is 0 Å². The van der Waals surface area contributed by atoms with Crippen LogP contribution in [0, 0.1) is 11.8 Å². The maximum atomic E-state index is 9.82. The molecule has 0 aromatic rings. The lowest BCUT2D eigenvalue weighted by Crippen LogP contribution is -2.43. The first-order valence-electron chi connectivity index (χ1n) is 6.09. The second-order valence-corrected chi connectivity index (χ2v) is 5.49. The highest BCUT2D eigenvalue weighted by Crippen LogP contribution is 2.23. The van der Waals surface area contributed by atoms with Crippen LogP contribution in [0.5, 0.6) is 0 Å². The van der Waals surface area contributed by atoms with Crippen LogP contribution in [0.1, 0.15) is 33.6 Å². The summed E-state index contributed by atoms with van der Waals surface area (Å²) < 4.78 is 0. The van der Waals surface area contributed by atoms with Crippen molar-refractivity contribution >= 4 is 0 Å². The van der Waals surface area contributed by atoms with E-state index in [1.54, 1.807) is 0 Å². The second kappa shape index (κ2) is 5.28. The molecule has 0 bridgehead atoms. The van der Waals surface area contributed by atoms with Crippen LogP contribution < -0.4 is 5.73 Å². The highest BCUT2D eigenvalue weighted by molar-refractivity contribution is 4.79. The topological polar surface area (TPSA) is 49.5 Å². The van der Waals surface area contributed by atoms with Crippen molar-refractivity contribution in [3.05, 3.63) is 0 Å². The monoisotopic (exact) mass is 214 g/mol. The number of piperidine rings is 1. The van der Waals surface area contributed by atoms with Crippen molar-refractivity contribution in [3.63, 3.8) is 0 Å². The highest BCUT2D eigenvalue weighted by Gasteiger charge is 2.25. The van der Waals surface area contributed by atoms with E-state index in [0.29, 0.717) is 6.54 Å². The Labute approximate surface area is 93.6 Å². The van der Waals surface area contributed by atoms with Gasteiger partial charge in [-0.3, -0.25) is 0 Å². The smallest absolute Gasteiger partial charge is 0.0753 e. The number of hydrogen-bond donors (Lipinski definition) is 2. The molecule has 0 aromatic heterocycles. The van der Waals surface area contributed by atoms with Gasteiger partial charge in [-0.2, -0.15) is 0 Å². The zero-order valence-corrected chi connectivity index (χ0v) is 10.4. The van der Waals surface area contributed by atoms with Crippen LogP contribution >= 0.6 is 0 Å². The summed E-state index contributed by atoms with van der Waals surface area (Å²) in [6.45, 7) is 10.1. The Hall–Kier alpha value is -0.120. The summed E-state index contributed by atoms with van der Waals surface area (Å²) in [5.41, 5.74) is 4.81. The van der Waals surface area contributed by atoms with Crippen LogP contribution in [0.4, 0.5) is 0 Å². The third-order valence-electron chi connectivity index (χ3n) is 3.82. The third kappa shape index (κ3) is 4.09. The predicted octanol–water partition coefficient (Wildman–Crippen LogP) is 1.06. The summed E-state index contributed by atoms with van der Waals surface area (Å²) in [5, 5.41) is 9.82. The van der Waals surface area contributed by atoms with Crippen LogP contribution in [0.15, 0.2) is 0 Å². The molecule has 3 nitrogen and oxygen atoms in total. The van der Waals surface area contributed by atoms with Gasteiger partial charge in [-0.15, -0.1) is 0 Å². The standard InChI is InChI=1S/C12H26N2O/c1-10-4-6-14(8-11(10)2)7-5-12(3,15)9-13/h10-11,15H,4-9,13H2,1-3H3. The van der Waals surface area contributed by atoms with Gasteiger partial charge in [0.1, 0.15) is 0 Å². The lowest BCUT2D eigenvalue weighted by atomic mass is 9.88. The molecule has 0 aromatic carbocycles. The molecule has 90 valence electrons. The first-order chi connectivity index (χ1) is 6.94. The van der Waals surface area contributed by atoms with E-state index >= 15 is 0 Å². The molecule has 3 unspecified atom stereocenters. The molecule has 3 N–H and O–H groups in total. The molecule has 0 spiro atoms. The molecule has 1 aliphatic rings. The van der Waals surface area contributed by atoms with Crippen molar-refractivity contribution in [2.24, 2.45) is 17.6 Å². The summed E-state index contributed by atoms with van der Waals surface area (Å²) >= 11 is 0. The highest BCUT2D eigenvalue weighted by atomic mass is 16.3. The van der Waals surface area contributed by atoms with Crippen LogP contribution in [0.3, 0.4) is 0 Å². The minimum atomic E-state index is -0.688. The molecule has 1 aliphatic heterocycles. The van der Waals surface area contributed by atoms with Crippen molar-refractivity contribution in [2.75, 3.05) is 26.2 Å². The van der Waals surface area contributed by atoms with E-state index in [2.05, 4.69) is 18.7 Å². The number of aliphatic hydroxyl groups is 1. The SMILES string of the molecule is CC1CCN(CCC(C)(O)CN)CC1C. The predicted molar refractivity (Wildman–Crippen MR) is 63.7 cm³/mol. The average Bonchev–Trinajstić information content (AvgIpc) is 2.20. The molecule has 1 heterocycles. The largest absolute Gasteiger partial charge is 0.389 e. The summed E-state index contributed by atoms with van der Waals surface area (Å²) in [7, 11) is 0. The van der Waals surface area contributed by atoms with Crippen LogP contribution in [0.25, 0.3) is 0 Å². The minimum Gasteiger partial charge on any atom is -0.389 e. The molecule has 1 fully saturated rings. The van der Waals surface area contributed by atoms with Crippen molar-refractivity contribution in [1.29, 1.82) is 0 Å². The first kappa shape index (κ1) is 12.9. The normalized spacial score (nSPS) is 32.6. The Balaban J connectivity index is 2.28. The number of nitrogens with zero attached hydrogens (tertiary/aromatic N) is 1. The molecule has 15 heavy (non-hydrogen) atoms. The van der Waals surface area contributed by atoms with Gasteiger partial charge < -0.3 is 15.7 Å². The van der Waals surface area contributed by atoms with E-state index in [0.717, 1.165) is 24.8 Å². The van der Waals surface area contributed by atoms with Crippen molar-refractivity contribution in [2.45, 2.75) is 39.2 Å². The van der Waals surface area contributed by atoms with E-state index in [9.17, 15) is 5.11 Å². The van der Waals surface area contributed by atoms with Crippen LogP contribution in [-0.2, 0) is 0 Å². The summed E-state index contributed by atoms with van der Waals surface area (Å²) in [5.74, 6) is 1.62. The molecule has 3 heteroatoms. The molecule has 1 saturated heterocycles. The Kier molecular flexibility index (Phi) is 4.56. The lowest BCUT2D eigenvalue weighted by Gasteiger charge is -2.36. The summed E-state index contributed by atoms with van der Waals surface area (Å²) in [6, 6.07) is 0. The fourth-order valence-corrected chi connectivity index (χ4v) is 2.05. The maximum absolute atomic E-state index is 9.82. The Bertz CT molecular complexity index is 194. The minimum absolute atomic E-state index is 0.354. The maximum Gasteiger partial charge on any atom is 0.0753 e. The summed E-state index contributed by atoms with van der Waals surface area (Å²) in [4.78, 5) is 2.45. The van der Waals surface area contributed by atoms with Gasteiger partial charge in [0.05, 0.1) is 5.60 Å². The van der Waals surface area contributed by atoms with Gasteiger partial charge in [0.25, 0.3) is 0 Å². The fourth-order valence-electron chi connectivity index (χ4n) is 2.05. The van der Waals surface area contributed by atoms with Gasteiger partial charge >= 0.3 is 0 Å². The van der Waals surface area contributed by atoms with E-state index < -0.39 is 5.60 Å². The molecular formula is C12H26N2O. The van der Waals surface area contributed by atoms with Gasteiger partial charge in [-0.25, -0.2) is 0 Å². The molecule has 0 amide bonds. The van der Waals surface area contributed by atoms with E-state index in [1.165, 1.54) is 19.5 Å². The Morgan fingerprint density at radius 3 is 2.60 bits per heavy atom. The molecule has 1 rings (SSSR count). The van der Waals surface area contributed by atoms with E-state index in [4.69, 9.17) is 5.73 Å².